The van der Waals surface area contributed by atoms with Crippen LogP contribution in [0.2, 0.25) is 0 Å². The standard InChI is InChI=1S/C16H14FN3O7/c1-9(27-15-7-10(17)3-6-13(15)20(24)25)16(21)18-12-5-4-11(19(22)23)8-14(12)26-2/h3-9H,1-2H3,(H,18,21)/t9-/m0/s1. The van der Waals surface area contributed by atoms with Gasteiger partial charge in [-0.1, -0.05) is 0 Å². The molecule has 0 aliphatic rings. The SMILES string of the molecule is COc1cc([N+](=O)[O-])ccc1NC(=O)[C@H](C)Oc1cc(F)ccc1[N+](=O)[O-]. The van der Waals surface area contributed by atoms with E-state index in [2.05, 4.69) is 5.32 Å². The van der Waals surface area contributed by atoms with Crippen LogP contribution in [-0.2, 0) is 4.79 Å². The first-order valence-electron chi connectivity index (χ1n) is 7.46. The van der Waals surface area contributed by atoms with Gasteiger partial charge < -0.3 is 14.8 Å². The van der Waals surface area contributed by atoms with Crippen molar-refractivity contribution in [2.45, 2.75) is 13.0 Å². The number of carbonyl (C=O) groups is 1. The summed E-state index contributed by atoms with van der Waals surface area (Å²) < 4.78 is 23.6. The summed E-state index contributed by atoms with van der Waals surface area (Å²) in [6, 6.07) is 6.19. The predicted molar refractivity (Wildman–Crippen MR) is 91.4 cm³/mol. The number of nitro benzene ring substituents is 2. The number of carbonyl (C=O) groups excluding carboxylic acids is 1. The number of halogens is 1. The monoisotopic (exact) mass is 379 g/mol. The van der Waals surface area contributed by atoms with Crippen molar-refractivity contribution < 1.29 is 28.5 Å². The Balaban J connectivity index is 2.18. The zero-order chi connectivity index (χ0) is 20.1. The summed E-state index contributed by atoms with van der Waals surface area (Å²) in [5, 5.41) is 24.2. The molecular weight excluding hydrogens is 365 g/mol. The highest BCUT2D eigenvalue weighted by atomic mass is 19.1. The molecule has 2 rings (SSSR count). The lowest BCUT2D eigenvalue weighted by Crippen LogP contribution is -2.30. The van der Waals surface area contributed by atoms with E-state index in [-0.39, 0.29) is 17.1 Å². The maximum atomic E-state index is 13.3. The Morgan fingerprint density at radius 3 is 2.41 bits per heavy atom. The zero-order valence-corrected chi connectivity index (χ0v) is 14.2. The number of nitrogens with one attached hydrogen (secondary N) is 1. The average molecular weight is 379 g/mol. The molecule has 0 radical (unpaired) electrons. The summed E-state index contributed by atoms with van der Waals surface area (Å²) in [4.78, 5) is 32.7. The van der Waals surface area contributed by atoms with Gasteiger partial charge in [0.2, 0.25) is 5.75 Å². The van der Waals surface area contributed by atoms with Gasteiger partial charge in [-0.15, -0.1) is 0 Å². The Labute approximate surface area is 151 Å². The second kappa shape index (κ2) is 8.08. The molecule has 0 saturated carbocycles. The summed E-state index contributed by atoms with van der Waals surface area (Å²) in [6.45, 7) is 1.31. The molecule has 0 spiro atoms. The lowest BCUT2D eigenvalue weighted by atomic mass is 10.2. The number of ether oxygens (including phenoxy) is 2. The molecule has 10 nitrogen and oxygen atoms in total. The number of methoxy groups -OCH3 is 1. The number of nitro groups is 2. The fraction of sp³-hybridized carbons (Fsp3) is 0.188. The van der Waals surface area contributed by atoms with E-state index in [1.165, 1.54) is 26.2 Å². The number of amides is 1. The van der Waals surface area contributed by atoms with E-state index in [4.69, 9.17) is 9.47 Å². The van der Waals surface area contributed by atoms with Gasteiger partial charge in [-0.2, -0.15) is 0 Å². The van der Waals surface area contributed by atoms with Crippen molar-refractivity contribution >= 4 is 23.0 Å². The summed E-state index contributed by atoms with van der Waals surface area (Å²) in [5.41, 5.74) is -0.592. The molecule has 11 heteroatoms. The van der Waals surface area contributed by atoms with Crippen molar-refractivity contribution in [1.82, 2.24) is 0 Å². The minimum atomic E-state index is -1.23. The van der Waals surface area contributed by atoms with E-state index in [0.29, 0.717) is 0 Å². The van der Waals surface area contributed by atoms with Gasteiger partial charge in [-0.05, 0) is 19.1 Å². The minimum absolute atomic E-state index is 0.0430. The molecule has 2 aromatic carbocycles. The molecule has 1 amide bonds. The van der Waals surface area contributed by atoms with Gasteiger partial charge in [0.1, 0.15) is 11.6 Å². The highest BCUT2D eigenvalue weighted by molar-refractivity contribution is 5.95. The third-order valence-corrected chi connectivity index (χ3v) is 3.45. The third-order valence-electron chi connectivity index (χ3n) is 3.45. The van der Waals surface area contributed by atoms with Gasteiger partial charge in [0.25, 0.3) is 11.6 Å². The Bertz CT molecular complexity index is 904. The minimum Gasteiger partial charge on any atom is -0.494 e. The molecule has 0 unspecified atom stereocenters. The smallest absolute Gasteiger partial charge is 0.311 e. The molecule has 0 saturated heterocycles. The number of nitrogens with zero attached hydrogens (tertiary/aromatic N) is 2. The van der Waals surface area contributed by atoms with Gasteiger partial charge in [0, 0.05) is 18.2 Å². The summed E-state index contributed by atoms with van der Waals surface area (Å²) >= 11 is 0. The van der Waals surface area contributed by atoms with Crippen molar-refractivity contribution in [3.63, 3.8) is 0 Å². The van der Waals surface area contributed by atoms with Crippen LogP contribution in [0, 0.1) is 26.0 Å². The number of rotatable bonds is 7. The molecular formula is C16H14FN3O7. The maximum absolute atomic E-state index is 13.3. The van der Waals surface area contributed by atoms with Crippen LogP contribution in [0.15, 0.2) is 36.4 Å². The molecule has 0 bridgehead atoms. The van der Waals surface area contributed by atoms with Crippen LogP contribution in [0.4, 0.5) is 21.5 Å². The van der Waals surface area contributed by atoms with Crippen LogP contribution in [0.1, 0.15) is 6.92 Å². The number of hydrogen-bond acceptors (Lipinski definition) is 7. The second-order valence-electron chi connectivity index (χ2n) is 5.26. The number of non-ortho nitro benzene ring substituents is 1. The van der Waals surface area contributed by atoms with Gasteiger partial charge in [-0.3, -0.25) is 25.0 Å². The van der Waals surface area contributed by atoms with Gasteiger partial charge in [0.05, 0.1) is 28.7 Å². The van der Waals surface area contributed by atoms with Gasteiger partial charge in [0.15, 0.2) is 6.10 Å². The van der Waals surface area contributed by atoms with Crippen LogP contribution >= 0.6 is 0 Å². The van der Waals surface area contributed by atoms with Crippen molar-refractivity contribution in [3.05, 3.63) is 62.4 Å². The molecule has 2 aromatic rings. The molecule has 1 atom stereocenters. The van der Waals surface area contributed by atoms with Crippen molar-refractivity contribution in [1.29, 1.82) is 0 Å². The van der Waals surface area contributed by atoms with Crippen molar-refractivity contribution in [3.8, 4) is 11.5 Å². The first-order valence-corrected chi connectivity index (χ1v) is 7.46. The second-order valence-corrected chi connectivity index (χ2v) is 5.26. The number of hydrogen-bond donors (Lipinski definition) is 1. The van der Waals surface area contributed by atoms with E-state index >= 15 is 0 Å². The average Bonchev–Trinajstić information content (AvgIpc) is 2.61. The van der Waals surface area contributed by atoms with Crippen molar-refractivity contribution in [2.24, 2.45) is 0 Å². The van der Waals surface area contributed by atoms with E-state index in [9.17, 15) is 29.4 Å². The summed E-state index contributed by atoms with van der Waals surface area (Å²) in [6.07, 6.45) is -1.23. The van der Waals surface area contributed by atoms with Crippen LogP contribution in [0.25, 0.3) is 0 Å². The number of anilines is 1. The van der Waals surface area contributed by atoms with Crippen LogP contribution in [-0.4, -0.2) is 29.0 Å². The Morgan fingerprint density at radius 1 is 1.11 bits per heavy atom. The first-order chi connectivity index (χ1) is 12.7. The van der Waals surface area contributed by atoms with Gasteiger partial charge >= 0.3 is 5.69 Å². The predicted octanol–water partition coefficient (Wildman–Crippen LogP) is 3.06. The van der Waals surface area contributed by atoms with E-state index in [1.807, 2.05) is 0 Å². The van der Waals surface area contributed by atoms with Crippen molar-refractivity contribution in [2.75, 3.05) is 12.4 Å². The Hall–Kier alpha value is -3.76. The normalized spacial score (nSPS) is 11.4. The van der Waals surface area contributed by atoms with E-state index in [0.717, 1.165) is 24.3 Å². The molecule has 0 aliphatic heterocycles. The van der Waals surface area contributed by atoms with Crippen LogP contribution in [0.3, 0.4) is 0 Å². The molecule has 27 heavy (non-hydrogen) atoms. The fourth-order valence-corrected chi connectivity index (χ4v) is 2.11. The molecule has 0 aliphatic carbocycles. The molecule has 0 heterocycles. The van der Waals surface area contributed by atoms with E-state index in [1.54, 1.807) is 0 Å². The number of benzene rings is 2. The largest absolute Gasteiger partial charge is 0.494 e. The lowest BCUT2D eigenvalue weighted by Gasteiger charge is -2.16. The van der Waals surface area contributed by atoms with Crippen LogP contribution in [0.5, 0.6) is 11.5 Å². The third kappa shape index (κ3) is 4.66. The first kappa shape index (κ1) is 19.6. The van der Waals surface area contributed by atoms with Gasteiger partial charge in [-0.25, -0.2) is 4.39 Å². The summed E-state index contributed by atoms with van der Waals surface area (Å²) in [7, 11) is 1.27. The molecule has 1 N–H and O–H groups in total. The fourth-order valence-electron chi connectivity index (χ4n) is 2.11. The topological polar surface area (TPSA) is 134 Å². The van der Waals surface area contributed by atoms with E-state index < -0.39 is 39.1 Å². The highest BCUT2D eigenvalue weighted by Gasteiger charge is 2.23. The quantitative estimate of drug-likeness (QED) is 0.577. The molecule has 142 valence electrons. The molecule has 0 fully saturated rings. The van der Waals surface area contributed by atoms with Crippen LogP contribution < -0.4 is 14.8 Å². The lowest BCUT2D eigenvalue weighted by molar-refractivity contribution is -0.386. The Kier molecular flexibility index (Phi) is 5.85. The summed E-state index contributed by atoms with van der Waals surface area (Å²) in [5.74, 6) is -1.85. The Morgan fingerprint density at radius 2 is 1.81 bits per heavy atom. The highest BCUT2D eigenvalue weighted by Crippen LogP contribution is 2.30. The zero-order valence-electron chi connectivity index (χ0n) is 14.2. The molecule has 0 aromatic heterocycles. The maximum Gasteiger partial charge on any atom is 0.311 e.